The number of fused-ring (bicyclic) bond motifs is 1. The highest BCUT2D eigenvalue weighted by Crippen LogP contribution is 2.19. The zero-order valence-corrected chi connectivity index (χ0v) is 14.6. The van der Waals surface area contributed by atoms with Crippen molar-refractivity contribution in [2.45, 2.75) is 52.7 Å². The van der Waals surface area contributed by atoms with Crippen LogP contribution in [0.4, 0.5) is 10.5 Å². The van der Waals surface area contributed by atoms with Gasteiger partial charge in [0.1, 0.15) is 11.4 Å². The minimum atomic E-state index is -0.670. The standard InChI is InChI=1S/C17H23N3O4/c1-10(8-11(2)21)18-12-6-7-13-14(9-12)20(19-15(13)22)16(23)24-17(3,4)5/h6-7,9-10,18H,8H2,1-5H3,(H,19,22). The molecule has 0 aliphatic heterocycles. The van der Waals surface area contributed by atoms with Gasteiger partial charge in [-0.3, -0.25) is 14.7 Å². The molecular formula is C17H23N3O4. The summed E-state index contributed by atoms with van der Waals surface area (Å²) in [4.78, 5) is 35.5. The van der Waals surface area contributed by atoms with Gasteiger partial charge in [0.15, 0.2) is 0 Å². The van der Waals surface area contributed by atoms with Gasteiger partial charge in [-0.25, -0.2) is 4.79 Å². The molecule has 0 radical (unpaired) electrons. The minimum Gasteiger partial charge on any atom is -0.442 e. The number of carbonyl (C=O) groups excluding carboxylic acids is 2. The van der Waals surface area contributed by atoms with Gasteiger partial charge in [-0.1, -0.05) is 0 Å². The van der Waals surface area contributed by atoms with Crippen molar-refractivity contribution >= 4 is 28.5 Å². The fraction of sp³-hybridized carbons (Fsp3) is 0.471. The van der Waals surface area contributed by atoms with E-state index in [1.807, 2.05) is 6.92 Å². The quantitative estimate of drug-likeness (QED) is 0.897. The fourth-order valence-corrected chi connectivity index (χ4v) is 2.44. The monoisotopic (exact) mass is 333 g/mol. The number of nitrogens with one attached hydrogen (secondary N) is 2. The van der Waals surface area contributed by atoms with E-state index in [1.54, 1.807) is 39.0 Å². The smallest absolute Gasteiger partial charge is 0.434 e. The number of ketones is 1. The summed E-state index contributed by atoms with van der Waals surface area (Å²) < 4.78 is 6.41. The lowest BCUT2D eigenvalue weighted by Gasteiger charge is -2.19. The summed E-state index contributed by atoms with van der Waals surface area (Å²) >= 11 is 0. The number of hydrogen-bond donors (Lipinski definition) is 2. The Morgan fingerprint density at radius 1 is 1.33 bits per heavy atom. The SMILES string of the molecule is CC(=O)CC(C)Nc1ccc2c(=O)[nH]n(C(=O)OC(C)(C)C)c2c1. The Morgan fingerprint density at radius 3 is 2.58 bits per heavy atom. The van der Waals surface area contributed by atoms with Gasteiger partial charge in [-0.2, -0.15) is 4.68 Å². The molecule has 0 saturated heterocycles. The number of hydrogen-bond acceptors (Lipinski definition) is 5. The lowest BCUT2D eigenvalue weighted by atomic mass is 10.1. The summed E-state index contributed by atoms with van der Waals surface area (Å²) in [5, 5.41) is 6.07. The minimum absolute atomic E-state index is 0.0550. The Hall–Kier alpha value is -2.57. The molecule has 0 aliphatic carbocycles. The largest absolute Gasteiger partial charge is 0.442 e. The van der Waals surface area contributed by atoms with Crippen molar-refractivity contribution in [2.24, 2.45) is 0 Å². The number of anilines is 1. The van der Waals surface area contributed by atoms with E-state index in [4.69, 9.17) is 4.74 Å². The van der Waals surface area contributed by atoms with Gasteiger partial charge >= 0.3 is 6.09 Å². The number of carbonyl (C=O) groups is 2. The van der Waals surface area contributed by atoms with E-state index in [2.05, 4.69) is 10.4 Å². The number of aromatic nitrogens is 2. The van der Waals surface area contributed by atoms with Gasteiger partial charge in [-0.05, 0) is 52.8 Å². The normalized spacial score (nSPS) is 12.9. The third-order valence-electron chi connectivity index (χ3n) is 3.28. The second-order valence-electron chi connectivity index (χ2n) is 6.94. The molecule has 1 atom stereocenters. The highest BCUT2D eigenvalue weighted by molar-refractivity contribution is 5.89. The molecule has 2 aromatic rings. The molecule has 2 N–H and O–H groups in total. The Morgan fingerprint density at radius 2 is 2.00 bits per heavy atom. The van der Waals surface area contributed by atoms with Crippen molar-refractivity contribution in [3.05, 3.63) is 28.6 Å². The molecule has 0 spiro atoms. The number of rotatable bonds is 4. The first-order chi connectivity index (χ1) is 11.1. The average molecular weight is 333 g/mol. The molecule has 1 aromatic carbocycles. The number of ether oxygens (including phenoxy) is 1. The molecule has 24 heavy (non-hydrogen) atoms. The van der Waals surface area contributed by atoms with Crippen molar-refractivity contribution in [3.63, 3.8) is 0 Å². The molecule has 1 unspecified atom stereocenters. The van der Waals surface area contributed by atoms with Crippen LogP contribution in [0.25, 0.3) is 10.9 Å². The molecule has 7 nitrogen and oxygen atoms in total. The number of benzene rings is 1. The third-order valence-corrected chi connectivity index (χ3v) is 3.28. The Bertz CT molecular complexity index is 826. The first kappa shape index (κ1) is 17.8. The van der Waals surface area contributed by atoms with E-state index in [0.717, 1.165) is 4.68 Å². The maximum atomic E-state index is 12.3. The fourth-order valence-electron chi connectivity index (χ4n) is 2.44. The summed E-state index contributed by atoms with van der Waals surface area (Å²) in [5.41, 5.74) is 0.109. The number of aromatic amines is 1. The van der Waals surface area contributed by atoms with Crippen molar-refractivity contribution in [3.8, 4) is 0 Å². The lowest BCUT2D eigenvalue weighted by molar-refractivity contribution is -0.117. The van der Waals surface area contributed by atoms with Crippen molar-refractivity contribution in [1.82, 2.24) is 9.78 Å². The van der Waals surface area contributed by atoms with Crippen LogP contribution in [0.2, 0.25) is 0 Å². The topological polar surface area (TPSA) is 93.2 Å². The van der Waals surface area contributed by atoms with Crippen LogP contribution in [0.15, 0.2) is 23.0 Å². The molecule has 7 heteroatoms. The van der Waals surface area contributed by atoms with Gasteiger partial charge in [0, 0.05) is 18.2 Å². The van der Waals surface area contributed by atoms with Crippen LogP contribution in [0.1, 0.15) is 41.0 Å². The predicted molar refractivity (Wildman–Crippen MR) is 92.6 cm³/mol. The number of nitrogens with zero attached hydrogens (tertiary/aromatic N) is 1. The molecule has 2 rings (SSSR count). The summed E-state index contributed by atoms with van der Waals surface area (Å²) in [5.74, 6) is 0.0865. The number of H-pyrrole nitrogens is 1. The highest BCUT2D eigenvalue weighted by atomic mass is 16.6. The Kier molecular flexibility index (Phi) is 4.82. The first-order valence-electron chi connectivity index (χ1n) is 7.81. The van der Waals surface area contributed by atoms with Gasteiger partial charge in [0.2, 0.25) is 0 Å². The van der Waals surface area contributed by atoms with E-state index in [-0.39, 0.29) is 17.4 Å². The van der Waals surface area contributed by atoms with E-state index < -0.39 is 11.7 Å². The summed E-state index contributed by atoms with van der Waals surface area (Å²) in [6.45, 7) is 8.69. The van der Waals surface area contributed by atoms with Crippen molar-refractivity contribution in [1.29, 1.82) is 0 Å². The molecule has 0 aliphatic rings. The van der Waals surface area contributed by atoms with E-state index in [1.165, 1.54) is 6.92 Å². The first-order valence-corrected chi connectivity index (χ1v) is 7.81. The van der Waals surface area contributed by atoms with E-state index in [9.17, 15) is 14.4 Å². The summed E-state index contributed by atoms with van der Waals surface area (Å²) in [6, 6.07) is 5.01. The van der Waals surface area contributed by atoms with Gasteiger partial charge in [0.25, 0.3) is 5.56 Å². The van der Waals surface area contributed by atoms with Crippen molar-refractivity contribution < 1.29 is 14.3 Å². The third kappa shape index (κ3) is 4.24. The van der Waals surface area contributed by atoms with Crippen LogP contribution in [-0.4, -0.2) is 33.3 Å². The molecule has 0 saturated carbocycles. The van der Waals surface area contributed by atoms with Crippen molar-refractivity contribution in [2.75, 3.05) is 5.32 Å². The lowest BCUT2D eigenvalue weighted by Crippen LogP contribution is -2.28. The molecule has 130 valence electrons. The van der Waals surface area contributed by atoms with Gasteiger partial charge < -0.3 is 10.1 Å². The zero-order valence-electron chi connectivity index (χ0n) is 14.6. The maximum absolute atomic E-state index is 12.3. The molecular weight excluding hydrogens is 310 g/mol. The molecule has 1 heterocycles. The maximum Gasteiger partial charge on any atom is 0.434 e. The van der Waals surface area contributed by atoms with E-state index in [0.29, 0.717) is 23.0 Å². The summed E-state index contributed by atoms with van der Waals surface area (Å²) in [6.07, 6.45) is -0.257. The molecule has 0 bridgehead atoms. The van der Waals surface area contributed by atoms with Crippen LogP contribution in [0, 0.1) is 0 Å². The van der Waals surface area contributed by atoms with Crippen LogP contribution in [-0.2, 0) is 9.53 Å². The molecule has 0 fully saturated rings. The highest BCUT2D eigenvalue weighted by Gasteiger charge is 2.21. The predicted octanol–water partition coefficient (Wildman–Crippen LogP) is 2.89. The molecule has 1 aromatic heterocycles. The summed E-state index contributed by atoms with van der Waals surface area (Å²) in [7, 11) is 0. The van der Waals surface area contributed by atoms with Crippen LogP contribution in [0.3, 0.4) is 0 Å². The Balaban J connectivity index is 2.36. The van der Waals surface area contributed by atoms with Gasteiger partial charge in [0.05, 0.1) is 10.9 Å². The second-order valence-corrected chi connectivity index (χ2v) is 6.94. The Labute approximate surface area is 140 Å². The average Bonchev–Trinajstić information content (AvgIpc) is 2.73. The van der Waals surface area contributed by atoms with Crippen LogP contribution >= 0.6 is 0 Å². The van der Waals surface area contributed by atoms with Crippen LogP contribution < -0.4 is 10.9 Å². The molecule has 0 amide bonds. The second kappa shape index (κ2) is 6.51. The van der Waals surface area contributed by atoms with Gasteiger partial charge in [-0.15, -0.1) is 0 Å². The zero-order chi connectivity index (χ0) is 18.1. The van der Waals surface area contributed by atoms with Crippen LogP contribution in [0.5, 0.6) is 0 Å². The van der Waals surface area contributed by atoms with E-state index >= 15 is 0 Å². The number of Topliss-reactive ketones (excluding diaryl/α,β-unsaturated/α-hetero) is 1.